The van der Waals surface area contributed by atoms with E-state index in [2.05, 4.69) is 11.8 Å². The maximum atomic E-state index is 10.0. The predicted molar refractivity (Wildman–Crippen MR) is 69.1 cm³/mol. The number of hydrogen-bond donors (Lipinski definition) is 1. The van der Waals surface area contributed by atoms with Gasteiger partial charge in [0.25, 0.3) is 0 Å². The van der Waals surface area contributed by atoms with Gasteiger partial charge < -0.3 is 9.84 Å². The summed E-state index contributed by atoms with van der Waals surface area (Å²) in [6.07, 6.45) is 8.47. The molecular weight excluding hydrogens is 214 g/mol. The first-order chi connectivity index (χ1) is 8.31. The van der Waals surface area contributed by atoms with Crippen molar-refractivity contribution in [2.24, 2.45) is 0 Å². The van der Waals surface area contributed by atoms with Crippen LogP contribution in [0.4, 0.5) is 0 Å². The fourth-order valence-electron chi connectivity index (χ4n) is 3.10. The van der Waals surface area contributed by atoms with Gasteiger partial charge in [-0.3, -0.25) is 4.90 Å². The molecule has 0 amide bonds. The Kier molecular flexibility index (Phi) is 5.26. The van der Waals surface area contributed by atoms with Crippen LogP contribution in [-0.4, -0.2) is 48.0 Å². The van der Waals surface area contributed by atoms with Gasteiger partial charge in [0.2, 0.25) is 0 Å². The van der Waals surface area contributed by atoms with Crippen molar-refractivity contribution < 1.29 is 9.84 Å². The van der Waals surface area contributed by atoms with Crippen LogP contribution in [0.2, 0.25) is 0 Å². The van der Waals surface area contributed by atoms with Crippen molar-refractivity contribution in [3.05, 3.63) is 0 Å². The van der Waals surface area contributed by atoms with Crippen LogP contribution >= 0.6 is 0 Å². The number of aliphatic hydroxyl groups excluding tert-OH is 1. The topological polar surface area (TPSA) is 32.7 Å². The molecule has 0 aromatic carbocycles. The zero-order chi connectivity index (χ0) is 12.1. The molecule has 1 saturated carbocycles. The summed E-state index contributed by atoms with van der Waals surface area (Å²) in [6.45, 7) is 5.24. The molecule has 3 heteroatoms. The zero-order valence-corrected chi connectivity index (χ0v) is 11.1. The lowest BCUT2D eigenvalue weighted by molar-refractivity contribution is 0.0131. The van der Waals surface area contributed by atoms with Gasteiger partial charge in [0, 0.05) is 25.7 Å². The molecule has 1 aliphatic carbocycles. The van der Waals surface area contributed by atoms with Crippen molar-refractivity contribution in [3.8, 4) is 0 Å². The molecule has 3 nitrogen and oxygen atoms in total. The van der Waals surface area contributed by atoms with Crippen molar-refractivity contribution in [2.75, 3.05) is 19.7 Å². The molecule has 2 aliphatic rings. The lowest BCUT2D eigenvalue weighted by Gasteiger charge is -2.35. The summed E-state index contributed by atoms with van der Waals surface area (Å²) in [4.78, 5) is 2.46. The van der Waals surface area contributed by atoms with Gasteiger partial charge in [-0.1, -0.05) is 26.2 Å². The van der Waals surface area contributed by atoms with E-state index in [-0.39, 0.29) is 6.10 Å². The maximum Gasteiger partial charge on any atom is 0.0714 e. The summed E-state index contributed by atoms with van der Waals surface area (Å²) < 4.78 is 5.88. The fraction of sp³-hybridized carbons (Fsp3) is 1.00. The van der Waals surface area contributed by atoms with Gasteiger partial charge in [0.1, 0.15) is 0 Å². The molecule has 3 atom stereocenters. The summed E-state index contributed by atoms with van der Waals surface area (Å²) in [7, 11) is 0. The molecule has 2 rings (SSSR count). The molecule has 1 heterocycles. The van der Waals surface area contributed by atoms with Crippen LogP contribution in [0.25, 0.3) is 0 Å². The Morgan fingerprint density at radius 2 is 2.06 bits per heavy atom. The molecule has 1 unspecified atom stereocenters. The van der Waals surface area contributed by atoms with E-state index in [9.17, 15) is 5.11 Å². The molecule has 1 aliphatic heterocycles. The Hall–Kier alpha value is -0.120. The van der Waals surface area contributed by atoms with E-state index in [0.717, 1.165) is 32.5 Å². The summed E-state index contributed by atoms with van der Waals surface area (Å²) in [5, 5.41) is 10.0. The molecule has 0 aromatic heterocycles. The average Bonchev–Trinajstić information content (AvgIpc) is 2.79. The quantitative estimate of drug-likeness (QED) is 0.749. The van der Waals surface area contributed by atoms with Crippen LogP contribution in [-0.2, 0) is 4.74 Å². The third-order valence-electron chi connectivity index (χ3n) is 4.19. The van der Waals surface area contributed by atoms with Gasteiger partial charge >= 0.3 is 0 Å². The highest BCUT2D eigenvalue weighted by molar-refractivity contribution is 4.88. The Labute approximate surface area is 105 Å². The minimum atomic E-state index is -0.0989. The summed E-state index contributed by atoms with van der Waals surface area (Å²) in [6, 6.07) is 0.406. The smallest absolute Gasteiger partial charge is 0.0714 e. The Morgan fingerprint density at radius 1 is 1.24 bits per heavy atom. The summed E-state index contributed by atoms with van der Waals surface area (Å²) in [5.41, 5.74) is 0. The Morgan fingerprint density at radius 3 is 2.82 bits per heavy atom. The molecule has 0 radical (unpaired) electrons. The second-order valence-electron chi connectivity index (χ2n) is 5.55. The highest BCUT2D eigenvalue weighted by Crippen LogP contribution is 2.26. The number of hydrogen-bond acceptors (Lipinski definition) is 3. The predicted octanol–water partition coefficient (Wildman–Crippen LogP) is 2.18. The van der Waals surface area contributed by atoms with Crippen LogP contribution in [0.5, 0.6) is 0 Å². The monoisotopic (exact) mass is 241 g/mol. The van der Waals surface area contributed by atoms with Gasteiger partial charge in [-0.2, -0.15) is 0 Å². The highest BCUT2D eigenvalue weighted by atomic mass is 16.5. The third kappa shape index (κ3) is 3.67. The molecule has 1 N–H and O–H groups in total. The van der Waals surface area contributed by atoms with Crippen molar-refractivity contribution in [1.29, 1.82) is 0 Å². The van der Waals surface area contributed by atoms with Crippen molar-refractivity contribution in [2.45, 2.75) is 70.1 Å². The molecule has 1 saturated heterocycles. The van der Waals surface area contributed by atoms with E-state index in [1.54, 1.807) is 0 Å². The number of likely N-dealkylation sites (tertiary alicyclic amines) is 1. The standard InChI is InChI=1S/C14H27NO2/c1-2-3-10-17-12-8-9-15(11-12)13-6-4-5-7-14(13)16/h12-14,16H,2-11H2,1H3/t12?,13-,14+/m1/s1. The molecule has 17 heavy (non-hydrogen) atoms. The maximum absolute atomic E-state index is 10.0. The molecule has 0 aromatic rings. The average molecular weight is 241 g/mol. The van der Waals surface area contributed by atoms with Crippen LogP contribution in [0.15, 0.2) is 0 Å². The number of ether oxygens (including phenoxy) is 1. The van der Waals surface area contributed by atoms with E-state index in [1.165, 1.54) is 32.1 Å². The molecular formula is C14H27NO2. The normalized spacial score (nSPS) is 35.3. The molecule has 2 fully saturated rings. The lowest BCUT2D eigenvalue weighted by Crippen LogP contribution is -2.44. The number of nitrogens with zero attached hydrogens (tertiary/aromatic N) is 1. The number of aliphatic hydroxyl groups is 1. The number of rotatable bonds is 5. The minimum absolute atomic E-state index is 0.0989. The van der Waals surface area contributed by atoms with E-state index in [0.29, 0.717) is 12.1 Å². The van der Waals surface area contributed by atoms with Gasteiger partial charge in [-0.15, -0.1) is 0 Å². The van der Waals surface area contributed by atoms with Crippen LogP contribution in [0, 0.1) is 0 Å². The van der Waals surface area contributed by atoms with Gasteiger partial charge in [-0.25, -0.2) is 0 Å². The molecule has 0 spiro atoms. The van der Waals surface area contributed by atoms with Crippen molar-refractivity contribution >= 4 is 0 Å². The van der Waals surface area contributed by atoms with E-state index >= 15 is 0 Å². The molecule has 0 bridgehead atoms. The number of unbranched alkanes of at least 4 members (excludes halogenated alkanes) is 1. The second-order valence-corrected chi connectivity index (χ2v) is 5.55. The minimum Gasteiger partial charge on any atom is -0.391 e. The van der Waals surface area contributed by atoms with Crippen LogP contribution in [0.1, 0.15) is 51.9 Å². The highest BCUT2D eigenvalue weighted by Gasteiger charge is 2.33. The first kappa shape index (κ1) is 13.3. The van der Waals surface area contributed by atoms with Gasteiger partial charge in [0.05, 0.1) is 12.2 Å². The second kappa shape index (κ2) is 6.72. The lowest BCUT2D eigenvalue weighted by atomic mass is 9.91. The summed E-state index contributed by atoms with van der Waals surface area (Å²) in [5.74, 6) is 0. The Balaban J connectivity index is 1.72. The van der Waals surface area contributed by atoms with E-state index in [4.69, 9.17) is 4.74 Å². The van der Waals surface area contributed by atoms with Crippen LogP contribution in [0.3, 0.4) is 0 Å². The fourth-order valence-corrected chi connectivity index (χ4v) is 3.10. The SMILES string of the molecule is CCCCOC1CCN([C@@H]2CCCC[C@@H]2O)C1. The zero-order valence-electron chi connectivity index (χ0n) is 11.1. The molecule has 100 valence electrons. The first-order valence-corrected chi connectivity index (χ1v) is 7.35. The van der Waals surface area contributed by atoms with Crippen molar-refractivity contribution in [1.82, 2.24) is 4.90 Å². The van der Waals surface area contributed by atoms with E-state index < -0.39 is 0 Å². The third-order valence-corrected chi connectivity index (χ3v) is 4.19. The van der Waals surface area contributed by atoms with Crippen molar-refractivity contribution in [3.63, 3.8) is 0 Å². The Bertz CT molecular complexity index is 222. The summed E-state index contributed by atoms with van der Waals surface area (Å²) >= 11 is 0. The van der Waals surface area contributed by atoms with Gasteiger partial charge in [0.15, 0.2) is 0 Å². The van der Waals surface area contributed by atoms with E-state index in [1.807, 2.05) is 0 Å². The van der Waals surface area contributed by atoms with Gasteiger partial charge in [-0.05, 0) is 25.7 Å². The van der Waals surface area contributed by atoms with Crippen LogP contribution < -0.4 is 0 Å². The first-order valence-electron chi connectivity index (χ1n) is 7.35. The largest absolute Gasteiger partial charge is 0.391 e.